The zero-order chi connectivity index (χ0) is 12.0. The van der Waals surface area contributed by atoms with Gasteiger partial charge in [-0.3, -0.25) is 0 Å². The van der Waals surface area contributed by atoms with Crippen molar-refractivity contribution >= 4 is 6.03 Å². The Kier molecular flexibility index (Phi) is 2.34. The van der Waals surface area contributed by atoms with E-state index in [1.54, 1.807) is 7.05 Å². The molecule has 2 amide bonds. The molecule has 1 saturated carbocycles. The molecule has 0 unspecified atom stereocenters. The van der Waals surface area contributed by atoms with Gasteiger partial charge in [0.15, 0.2) is 0 Å². The number of carbonyl (C=O) groups is 1. The van der Waals surface area contributed by atoms with Gasteiger partial charge in [-0.25, -0.2) is 9.78 Å². The van der Waals surface area contributed by atoms with Crippen LogP contribution in [0.15, 0.2) is 0 Å². The highest BCUT2D eigenvalue weighted by molar-refractivity contribution is 5.73. The first-order valence-electron chi connectivity index (χ1n) is 6.23. The first-order chi connectivity index (χ1) is 8.20. The van der Waals surface area contributed by atoms with E-state index in [0.717, 1.165) is 18.8 Å². The minimum atomic E-state index is 0.00446. The van der Waals surface area contributed by atoms with Crippen molar-refractivity contribution in [3.63, 3.8) is 0 Å². The molecule has 3 rings (SSSR count). The SMILES string of the molecule is CNC(=O)N1CCn2c(C3CC3)nc(C)c2C1. The molecule has 5 heteroatoms. The summed E-state index contributed by atoms with van der Waals surface area (Å²) >= 11 is 0. The van der Waals surface area contributed by atoms with Crippen LogP contribution in [0, 0.1) is 6.92 Å². The maximum atomic E-state index is 11.6. The summed E-state index contributed by atoms with van der Waals surface area (Å²) in [5.41, 5.74) is 2.29. The van der Waals surface area contributed by atoms with Gasteiger partial charge in [-0.15, -0.1) is 0 Å². The highest BCUT2D eigenvalue weighted by Gasteiger charge is 2.32. The number of hydrogen-bond donors (Lipinski definition) is 1. The smallest absolute Gasteiger partial charge is 0.317 e. The first-order valence-corrected chi connectivity index (χ1v) is 6.23. The fraction of sp³-hybridized carbons (Fsp3) is 0.667. The Labute approximate surface area is 101 Å². The second-order valence-electron chi connectivity index (χ2n) is 4.90. The molecule has 2 heterocycles. The van der Waals surface area contributed by atoms with Crippen LogP contribution in [0.25, 0.3) is 0 Å². The van der Waals surface area contributed by atoms with E-state index in [2.05, 4.69) is 14.9 Å². The second-order valence-corrected chi connectivity index (χ2v) is 4.90. The van der Waals surface area contributed by atoms with Crippen molar-refractivity contribution in [2.24, 2.45) is 0 Å². The zero-order valence-corrected chi connectivity index (χ0v) is 10.4. The van der Waals surface area contributed by atoms with E-state index >= 15 is 0 Å². The molecule has 0 saturated heterocycles. The lowest BCUT2D eigenvalue weighted by Crippen LogP contribution is -2.43. The average Bonchev–Trinajstić information content (AvgIpc) is 3.14. The van der Waals surface area contributed by atoms with E-state index in [9.17, 15) is 4.79 Å². The number of aromatic nitrogens is 2. The third-order valence-electron chi connectivity index (χ3n) is 3.68. The van der Waals surface area contributed by atoms with E-state index in [0.29, 0.717) is 12.5 Å². The molecule has 17 heavy (non-hydrogen) atoms. The number of nitrogens with zero attached hydrogens (tertiary/aromatic N) is 3. The van der Waals surface area contributed by atoms with Gasteiger partial charge in [0, 0.05) is 26.1 Å². The molecule has 5 nitrogen and oxygen atoms in total. The van der Waals surface area contributed by atoms with E-state index in [1.165, 1.54) is 24.4 Å². The van der Waals surface area contributed by atoms with Crippen molar-refractivity contribution in [3.05, 3.63) is 17.2 Å². The molecular formula is C12H18N4O. The van der Waals surface area contributed by atoms with Crippen LogP contribution in [0.4, 0.5) is 4.79 Å². The fourth-order valence-corrected chi connectivity index (χ4v) is 2.54. The second kappa shape index (κ2) is 3.75. The van der Waals surface area contributed by atoms with Gasteiger partial charge in [-0.2, -0.15) is 0 Å². The van der Waals surface area contributed by atoms with Gasteiger partial charge >= 0.3 is 6.03 Å². The molecule has 1 N–H and O–H groups in total. The van der Waals surface area contributed by atoms with Gasteiger partial charge < -0.3 is 14.8 Å². The predicted molar refractivity (Wildman–Crippen MR) is 63.8 cm³/mol. The molecule has 0 spiro atoms. The number of urea groups is 1. The summed E-state index contributed by atoms with van der Waals surface area (Å²) < 4.78 is 2.33. The molecule has 0 bridgehead atoms. The molecule has 1 aliphatic heterocycles. The fourth-order valence-electron chi connectivity index (χ4n) is 2.54. The topological polar surface area (TPSA) is 50.2 Å². The number of imidazole rings is 1. The molecule has 0 radical (unpaired) electrons. The van der Waals surface area contributed by atoms with E-state index in [4.69, 9.17) is 0 Å². The quantitative estimate of drug-likeness (QED) is 0.794. The van der Waals surface area contributed by atoms with Crippen LogP contribution in [0.1, 0.15) is 36.0 Å². The average molecular weight is 234 g/mol. The molecule has 1 aromatic heterocycles. The van der Waals surface area contributed by atoms with Crippen molar-refractivity contribution in [1.82, 2.24) is 19.8 Å². The largest absolute Gasteiger partial charge is 0.341 e. The Hall–Kier alpha value is -1.52. The van der Waals surface area contributed by atoms with E-state index in [-0.39, 0.29) is 6.03 Å². The molecule has 0 aromatic carbocycles. The normalized spacial score (nSPS) is 19.1. The van der Waals surface area contributed by atoms with Crippen molar-refractivity contribution in [2.75, 3.05) is 13.6 Å². The van der Waals surface area contributed by atoms with Crippen molar-refractivity contribution in [1.29, 1.82) is 0 Å². The molecule has 0 atom stereocenters. The van der Waals surface area contributed by atoms with Crippen LogP contribution in [-0.4, -0.2) is 34.1 Å². The van der Waals surface area contributed by atoms with Crippen LogP contribution in [0.5, 0.6) is 0 Å². The number of rotatable bonds is 1. The third-order valence-corrected chi connectivity index (χ3v) is 3.68. The van der Waals surface area contributed by atoms with Gasteiger partial charge in [0.25, 0.3) is 0 Å². The highest BCUT2D eigenvalue weighted by atomic mass is 16.2. The molecule has 2 aliphatic rings. The number of amides is 2. The van der Waals surface area contributed by atoms with Crippen molar-refractivity contribution < 1.29 is 4.79 Å². The lowest BCUT2D eigenvalue weighted by Gasteiger charge is -2.29. The lowest BCUT2D eigenvalue weighted by molar-refractivity contribution is 0.185. The van der Waals surface area contributed by atoms with E-state index in [1.807, 2.05) is 11.8 Å². The number of hydrogen-bond acceptors (Lipinski definition) is 2. The number of fused-ring (bicyclic) bond motifs is 1. The summed E-state index contributed by atoms with van der Waals surface area (Å²) in [6.45, 7) is 4.40. The molecule has 1 aliphatic carbocycles. The van der Waals surface area contributed by atoms with Gasteiger partial charge in [-0.1, -0.05) is 0 Å². The van der Waals surface area contributed by atoms with Gasteiger partial charge in [0.1, 0.15) is 5.82 Å². The monoisotopic (exact) mass is 234 g/mol. The molecule has 1 aromatic rings. The Morgan fingerprint density at radius 2 is 2.18 bits per heavy atom. The number of carbonyl (C=O) groups excluding carboxylic acids is 1. The van der Waals surface area contributed by atoms with Crippen LogP contribution in [-0.2, 0) is 13.1 Å². The standard InChI is InChI=1S/C12H18N4O/c1-8-10-7-15(12(17)13-2)5-6-16(10)11(14-8)9-3-4-9/h9H,3-7H2,1-2H3,(H,13,17). The number of aryl methyl sites for hydroxylation is 1. The summed E-state index contributed by atoms with van der Waals surface area (Å²) in [5.74, 6) is 1.92. The van der Waals surface area contributed by atoms with Gasteiger partial charge in [0.2, 0.25) is 0 Å². The summed E-state index contributed by atoms with van der Waals surface area (Å²) in [4.78, 5) is 18.2. The first kappa shape index (κ1) is 10.6. The van der Waals surface area contributed by atoms with Crippen molar-refractivity contribution in [3.8, 4) is 0 Å². The minimum absolute atomic E-state index is 0.00446. The van der Waals surface area contributed by atoms with Crippen LogP contribution < -0.4 is 5.32 Å². The Morgan fingerprint density at radius 1 is 1.41 bits per heavy atom. The summed E-state index contributed by atoms with van der Waals surface area (Å²) in [7, 11) is 1.68. The van der Waals surface area contributed by atoms with Crippen molar-refractivity contribution in [2.45, 2.75) is 38.8 Å². The van der Waals surface area contributed by atoms with Crippen LogP contribution in [0.3, 0.4) is 0 Å². The molecule has 1 fully saturated rings. The molecule has 92 valence electrons. The number of nitrogens with one attached hydrogen (secondary N) is 1. The Bertz CT molecular complexity index is 461. The lowest BCUT2D eigenvalue weighted by atomic mass is 10.2. The maximum Gasteiger partial charge on any atom is 0.317 e. The van der Waals surface area contributed by atoms with E-state index < -0.39 is 0 Å². The summed E-state index contributed by atoms with van der Waals surface area (Å²) in [5, 5.41) is 2.68. The van der Waals surface area contributed by atoms with Gasteiger partial charge in [0.05, 0.1) is 17.9 Å². The van der Waals surface area contributed by atoms with Gasteiger partial charge in [-0.05, 0) is 19.8 Å². The Balaban J connectivity index is 1.89. The summed E-state index contributed by atoms with van der Waals surface area (Å²) in [6.07, 6.45) is 2.55. The molecular weight excluding hydrogens is 216 g/mol. The summed E-state index contributed by atoms with van der Waals surface area (Å²) in [6, 6.07) is 0.00446. The van der Waals surface area contributed by atoms with Crippen LogP contribution in [0.2, 0.25) is 0 Å². The third kappa shape index (κ3) is 1.69. The maximum absolute atomic E-state index is 11.6. The van der Waals surface area contributed by atoms with Crippen LogP contribution >= 0.6 is 0 Å². The highest BCUT2D eigenvalue weighted by Crippen LogP contribution is 2.40. The predicted octanol–water partition coefficient (Wildman–Crippen LogP) is 1.22. The zero-order valence-electron chi connectivity index (χ0n) is 10.4. The Morgan fingerprint density at radius 3 is 2.82 bits per heavy atom. The minimum Gasteiger partial charge on any atom is -0.341 e.